The van der Waals surface area contributed by atoms with Crippen molar-refractivity contribution in [2.75, 3.05) is 12.4 Å². The number of ether oxygens (including phenoxy) is 1. The second kappa shape index (κ2) is 7.93. The van der Waals surface area contributed by atoms with Gasteiger partial charge in [-0.05, 0) is 47.7 Å². The van der Waals surface area contributed by atoms with Crippen molar-refractivity contribution in [2.45, 2.75) is 19.9 Å². The van der Waals surface area contributed by atoms with E-state index in [1.807, 2.05) is 13.1 Å². The Morgan fingerprint density at radius 3 is 2.85 bits per heavy atom. The maximum Gasteiger partial charge on any atom is 0.349 e. The fourth-order valence-electron chi connectivity index (χ4n) is 2.41. The molecule has 2 aromatic heterocycles. The van der Waals surface area contributed by atoms with E-state index in [4.69, 9.17) is 16.3 Å². The van der Waals surface area contributed by atoms with Crippen molar-refractivity contribution >= 4 is 73.2 Å². The fourth-order valence-corrected chi connectivity index (χ4v) is 4.31. The minimum atomic E-state index is -0.467. The number of benzene rings is 1. The van der Waals surface area contributed by atoms with Crippen LogP contribution in [0.1, 0.15) is 21.8 Å². The van der Waals surface area contributed by atoms with Crippen molar-refractivity contribution in [1.82, 2.24) is 9.78 Å². The van der Waals surface area contributed by atoms with Gasteiger partial charge in [0.1, 0.15) is 4.88 Å². The van der Waals surface area contributed by atoms with Crippen LogP contribution in [0.3, 0.4) is 0 Å². The SMILES string of the molecule is COC(=O)c1sc2cc(NC(=O)CCn3cc(I)c(C)n3)ccc2c1Cl. The molecular formula is C17H15ClIN3O3S. The van der Waals surface area contributed by atoms with E-state index >= 15 is 0 Å². The Morgan fingerprint density at radius 2 is 2.19 bits per heavy atom. The summed E-state index contributed by atoms with van der Waals surface area (Å²) in [6.45, 7) is 2.44. The van der Waals surface area contributed by atoms with Crippen LogP contribution < -0.4 is 5.32 Å². The number of thiophene rings is 1. The van der Waals surface area contributed by atoms with Crippen LogP contribution >= 0.6 is 45.5 Å². The van der Waals surface area contributed by atoms with Gasteiger partial charge in [0, 0.05) is 34.9 Å². The van der Waals surface area contributed by atoms with Crippen molar-refractivity contribution < 1.29 is 14.3 Å². The summed E-state index contributed by atoms with van der Waals surface area (Å²) < 4.78 is 8.38. The summed E-state index contributed by atoms with van der Waals surface area (Å²) in [4.78, 5) is 24.3. The first kappa shape index (κ1) is 19.1. The van der Waals surface area contributed by atoms with E-state index in [2.05, 4.69) is 33.0 Å². The summed E-state index contributed by atoms with van der Waals surface area (Å²) in [6, 6.07) is 5.35. The fraction of sp³-hybridized carbons (Fsp3) is 0.235. The molecule has 0 aliphatic rings. The van der Waals surface area contributed by atoms with Gasteiger partial charge in [-0.15, -0.1) is 11.3 Å². The number of methoxy groups -OCH3 is 1. The highest BCUT2D eigenvalue weighted by molar-refractivity contribution is 14.1. The monoisotopic (exact) mass is 503 g/mol. The number of amides is 1. The molecule has 3 aromatic rings. The maximum atomic E-state index is 12.2. The molecule has 1 amide bonds. The largest absolute Gasteiger partial charge is 0.465 e. The van der Waals surface area contributed by atoms with Crippen molar-refractivity contribution in [3.63, 3.8) is 0 Å². The number of fused-ring (bicyclic) bond motifs is 1. The number of esters is 1. The van der Waals surface area contributed by atoms with Crippen molar-refractivity contribution in [3.05, 3.63) is 43.6 Å². The number of carbonyl (C=O) groups excluding carboxylic acids is 2. The first-order valence-electron chi connectivity index (χ1n) is 7.69. The Bertz CT molecular complexity index is 979. The number of nitrogens with zero attached hydrogens (tertiary/aromatic N) is 2. The lowest BCUT2D eigenvalue weighted by molar-refractivity contribution is -0.116. The van der Waals surface area contributed by atoms with Gasteiger partial charge in [0.25, 0.3) is 0 Å². The third-order valence-electron chi connectivity index (χ3n) is 3.74. The van der Waals surface area contributed by atoms with E-state index in [9.17, 15) is 9.59 Å². The molecular weight excluding hydrogens is 489 g/mol. The summed E-state index contributed by atoms with van der Waals surface area (Å²) in [5, 5.41) is 8.34. The average molecular weight is 504 g/mol. The Balaban J connectivity index is 1.70. The maximum absolute atomic E-state index is 12.2. The molecule has 0 atom stereocenters. The lowest BCUT2D eigenvalue weighted by Crippen LogP contribution is -2.14. The zero-order chi connectivity index (χ0) is 18.8. The predicted molar refractivity (Wildman–Crippen MR) is 111 cm³/mol. The molecule has 0 aliphatic carbocycles. The topological polar surface area (TPSA) is 73.2 Å². The molecule has 0 unspecified atom stereocenters. The molecule has 2 heterocycles. The average Bonchev–Trinajstić information content (AvgIpc) is 3.11. The quantitative estimate of drug-likeness (QED) is 0.412. The third-order valence-corrected chi connectivity index (χ3v) is 6.43. The van der Waals surface area contributed by atoms with Crippen LogP contribution in [-0.4, -0.2) is 28.8 Å². The number of rotatable bonds is 5. The Hall–Kier alpha value is -1.65. The summed E-state index contributed by atoms with van der Waals surface area (Å²) in [7, 11) is 1.32. The number of anilines is 1. The molecule has 0 spiro atoms. The molecule has 0 saturated carbocycles. The molecule has 0 fully saturated rings. The van der Waals surface area contributed by atoms with Gasteiger partial charge >= 0.3 is 5.97 Å². The van der Waals surface area contributed by atoms with E-state index in [-0.39, 0.29) is 5.91 Å². The lowest BCUT2D eigenvalue weighted by atomic mass is 10.2. The minimum absolute atomic E-state index is 0.108. The molecule has 0 radical (unpaired) electrons. The van der Waals surface area contributed by atoms with Gasteiger partial charge in [-0.2, -0.15) is 5.10 Å². The van der Waals surface area contributed by atoms with Gasteiger partial charge in [-0.1, -0.05) is 11.6 Å². The minimum Gasteiger partial charge on any atom is -0.465 e. The smallest absolute Gasteiger partial charge is 0.349 e. The van der Waals surface area contributed by atoms with Crippen molar-refractivity contribution in [3.8, 4) is 0 Å². The van der Waals surface area contributed by atoms with Gasteiger partial charge in [0.2, 0.25) is 5.91 Å². The Kier molecular flexibility index (Phi) is 5.83. The molecule has 0 aliphatic heterocycles. The van der Waals surface area contributed by atoms with Crippen LogP contribution in [0.25, 0.3) is 10.1 Å². The number of carbonyl (C=O) groups is 2. The normalized spacial score (nSPS) is 10.9. The van der Waals surface area contributed by atoms with Crippen LogP contribution in [0.4, 0.5) is 5.69 Å². The van der Waals surface area contributed by atoms with Crippen LogP contribution in [0.5, 0.6) is 0 Å². The summed E-state index contributed by atoms with van der Waals surface area (Å²) >= 11 is 9.69. The molecule has 1 aromatic carbocycles. The van der Waals surface area contributed by atoms with E-state index in [1.165, 1.54) is 18.4 Å². The molecule has 136 valence electrons. The van der Waals surface area contributed by atoms with Crippen LogP contribution in [0.15, 0.2) is 24.4 Å². The second-order valence-electron chi connectivity index (χ2n) is 5.57. The number of nitrogens with one attached hydrogen (secondary N) is 1. The zero-order valence-corrected chi connectivity index (χ0v) is 17.7. The van der Waals surface area contributed by atoms with E-state index in [0.717, 1.165) is 19.4 Å². The van der Waals surface area contributed by atoms with Crippen molar-refractivity contribution in [2.24, 2.45) is 0 Å². The summed E-state index contributed by atoms with van der Waals surface area (Å²) in [5.74, 6) is -0.575. The number of aromatic nitrogens is 2. The van der Waals surface area contributed by atoms with Crippen LogP contribution in [-0.2, 0) is 16.1 Å². The Morgan fingerprint density at radius 1 is 1.42 bits per heavy atom. The van der Waals surface area contributed by atoms with Gasteiger partial charge in [0.05, 0.1) is 21.4 Å². The van der Waals surface area contributed by atoms with Crippen LogP contribution in [0, 0.1) is 10.5 Å². The second-order valence-corrected chi connectivity index (χ2v) is 8.16. The van der Waals surface area contributed by atoms with E-state index < -0.39 is 5.97 Å². The molecule has 9 heteroatoms. The van der Waals surface area contributed by atoms with Crippen LogP contribution in [0.2, 0.25) is 5.02 Å². The van der Waals surface area contributed by atoms with Crippen molar-refractivity contribution in [1.29, 1.82) is 0 Å². The molecule has 6 nitrogen and oxygen atoms in total. The Labute approximate surface area is 172 Å². The number of aryl methyl sites for hydroxylation is 2. The molecule has 1 N–H and O–H groups in total. The molecule has 0 bridgehead atoms. The number of hydrogen-bond donors (Lipinski definition) is 1. The van der Waals surface area contributed by atoms with E-state index in [1.54, 1.807) is 22.9 Å². The standard InChI is InChI=1S/C17H15ClIN3O3S/c1-9-12(19)8-22(21-9)6-5-14(23)20-10-3-4-11-13(7-10)26-16(15(11)18)17(24)25-2/h3-4,7-8H,5-6H2,1-2H3,(H,20,23). The molecule has 3 rings (SSSR count). The van der Waals surface area contributed by atoms with Gasteiger partial charge < -0.3 is 10.1 Å². The highest BCUT2D eigenvalue weighted by Crippen LogP contribution is 2.37. The van der Waals surface area contributed by atoms with Gasteiger partial charge in [0.15, 0.2) is 0 Å². The molecule has 0 saturated heterocycles. The first-order chi connectivity index (χ1) is 12.4. The molecule has 26 heavy (non-hydrogen) atoms. The zero-order valence-electron chi connectivity index (χ0n) is 14.0. The highest BCUT2D eigenvalue weighted by Gasteiger charge is 2.18. The summed E-state index contributed by atoms with van der Waals surface area (Å²) in [6.07, 6.45) is 2.23. The van der Waals surface area contributed by atoms with Gasteiger partial charge in [-0.3, -0.25) is 9.48 Å². The highest BCUT2D eigenvalue weighted by atomic mass is 127. The first-order valence-corrected chi connectivity index (χ1v) is 9.96. The number of halogens is 2. The van der Waals surface area contributed by atoms with E-state index in [0.29, 0.717) is 28.6 Å². The predicted octanol–water partition coefficient (Wildman–Crippen LogP) is 4.48. The van der Waals surface area contributed by atoms with Gasteiger partial charge in [-0.25, -0.2) is 4.79 Å². The lowest BCUT2D eigenvalue weighted by Gasteiger charge is -2.05. The summed E-state index contributed by atoms with van der Waals surface area (Å²) in [5.41, 5.74) is 1.61. The third kappa shape index (κ3) is 4.02. The number of hydrogen-bond acceptors (Lipinski definition) is 5.